The molecular formula is C39H33FN2O4. The molecule has 0 bridgehead atoms. The summed E-state index contributed by atoms with van der Waals surface area (Å²) in [5, 5.41) is 5.53. The second kappa shape index (κ2) is 13.6. The van der Waals surface area contributed by atoms with E-state index in [4.69, 9.17) is 4.74 Å². The first kappa shape index (κ1) is 30.5. The van der Waals surface area contributed by atoms with Gasteiger partial charge in [-0.15, -0.1) is 0 Å². The van der Waals surface area contributed by atoms with Crippen molar-refractivity contribution >= 4 is 18.0 Å². The number of carbonyl (C=O) groups excluding carboxylic acids is 3. The lowest BCUT2D eigenvalue weighted by molar-refractivity contribution is -0.131. The Kier molecular flexibility index (Phi) is 9.01. The molecule has 5 aromatic rings. The van der Waals surface area contributed by atoms with Gasteiger partial charge in [0.25, 0.3) is 0 Å². The normalized spacial score (nSPS) is 12.8. The van der Waals surface area contributed by atoms with E-state index < -0.39 is 29.6 Å². The van der Waals surface area contributed by atoms with Crippen LogP contribution in [0.15, 0.2) is 140 Å². The van der Waals surface area contributed by atoms with Gasteiger partial charge >= 0.3 is 12.1 Å². The van der Waals surface area contributed by atoms with E-state index in [1.54, 1.807) is 0 Å². The van der Waals surface area contributed by atoms with E-state index in [9.17, 15) is 18.8 Å². The number of hydrogen-bond acceptors (Lipinski definition) is 4. The van der Waals surface area contributed by atoms with Crippen molar-refractivity contribution in [2.45, 2.75) is 30.3 Å². The second-order valence-corrected chi connectivity index (χ2v) is 11.3. The first-order valence-electron chi connectivity index (χ1n) is 15.3. The molecule has 2 N–H and O–H groups in total. The molecule has 5 aromatic carbocycles. The summed E-state index contributed by atoms with van der Waals surface area (Å²) in [7, 11) is 0. The van der Waals surface area contributed by atoms with Crippen molar-refractivity contribution in [3.63, 3.8) is 0 Å². The van der Waals surface area contributed by atoms with Crippen LogP contribution >= 0.6 is 0 Å². The number of carbonyl (C=O) groups is 3. The fourth-order valence-corrected chi connectivity index (χ4v) is 6.35. The van der Waals surface area contributed by atoms with E-state index in [1.807, 2.05) is 140 Å². The summed E-state index contributed by atoms with van der Waals surface area (Å²) in [6.45, 7) is 0.0152. The molecule has 0 spiro atoms. The van der Waals surface area contributed by atoms with Crippen LogP contribution in [0, 0.1) is 0 Å². The highest BCUT2D eigenvalue weighted by Crippen LogP contribution is 2.44. The molecule has 6 nitrogen and oxygen atoms in total. The van der Waals surface area contributed by atoms with E-state index in [-0.39, 0.29) is 25.4 Å². The molecule has 0 unspecified atom stereocenters. The van der Waals surface area contributed by atoms with Crippen LogP contribution in [0.25, 0.3) is 11.1 Å². The third kappa shape index (κ3) is 6.17. The maximum absolute atomic E-state index is 14.2. The maximum Gasteiger partial charge on any atom is 0.407 e. The summed E-state index contributed by atoms with van der Waals surface area (Å²) in [6, 6.07) is 41.3. The number of rotatable bonds is 11. The number of nitrogens with one attached hydrogen (secondary N) is 2. The molecular weight excluding hydrogens is 579 g/mol. The van der Waals surface area contributed by atoms with Gasteiger partial charge < -0.3 is 15.4 Å². The lowest BCUT2D eigenvalue weighted by atomic mass is 9.77. The summed E-state index contributed by atoms with van der Waals surface area (Å²) in [6.07, 6.45) is -1.40. The summed E-state index contributed by atoms with van der Waals surface area (Å²) >= 11 is 0. The summed E-state index contributed by atoms with van der Waals surface area (Å²) in [5.41, 5.74) is 5.65. The highest BCUT2D eigenvalue weighted by molar-refractivity contribution is 5.83. The monoisotopic (exact) mass is 612 g/mol. The molecule has 1 aliphatic carbocycles. The van der Waals surface area contributed by atoms with E-state index >= 15 is 0 Å². The smallest absolute Gasteiger partial charge is 0.407 e. The van der Waals surface area contributed by atoms with Crippen molar-refractivity contribution in [1.82, 2.24) is 10.6 Å². The highest BCUT2D eigenvalue weighted by atomic mass is 19.1. The van der Waals surface area contributed by atoms with E-state index in [0.717, 1.165) is 38.9 Å². The van der Waals surface area contributed by atoms with Gasteiger partial charge in [0.15, 0.2) is 0 Å². The molecule has 1 atom stereocenters. The number of halogens is 1. The molecule has 46 heavy (non-hydrogen) atoms. The highest BCUT2D eigenvalue weighted by Gasteiger charge is 2.38. The van der Waals surface area contributed by atoms with Crippen molar-refractivity contribution in [2.75, 3.05) is 6.61 Å². The number of ether oxygens (including phenoxy) is 1. The predicted octanol–water partition coefficient (Wildman–Crippen LogP) is 7.28. The minimum Gasteiger partial charge on any atom is -0.449 e. The van der Waals surface area contributed by atoms with Crippen molar-refractivity contribution in [3.05, 3.63) is 167 Å². The fraction of sp³-hybridized carbons (Fsp3) is 0.154. The van der Waals surface area contributed by atoms with E-state index in [1.165, 1.54) is 0 Å². The molecule has 0 saturated carbocycles. The number of fused-ring (bicyclic) bond motifs is 3. The molecule has 0 fully saturated rings. The Hall–Kier alpha value is -5.56. The molecule has 0 saturated heterocycles. The molecule has 0 heterocycles. The largest absolute Gasteiger partial charge is 0.449 e. The lowest BCUT2D eigenvalue weighted by Crippen LogP contribution is -2.48. The van der Waals surface area contributed by atoms with Gasteiger partial charge in [-0.1, -0.05) is 140 Å². The predicted molar refractivity (Wildman–Crippen MR) is 175 cm³/mol. The Labute approximate surface area is 267 Å². The molecule has 2 amide bonds. The van der Waals surface area contributed by atoms with Crippen LogP contribution in [0.5, 0.6) is 0 Å². The second-order valence-electron chi connectivity index (χ2n) is 11.3. The quantitative estimate of drug-likeness (QED) is 0.121. The maximum atomic E-state index is 14.2. The first-order chi connectivity index (χ1) is 22.5. The average molecular weight is 613 g/mol. The van der Waals surface area contributed by atoms with Gasteiger partial charge in [-0.2, -0.15) is 4.39 Å². The zero-order valence-corrected chi connectivity index (χ0v) is 25.1. The van der Waals surface area contributed by atoms with Crippen LogP contribution in [0.2, 0.25) is 0 Å². The standard InChI is InChI=1S/C39H33FN2O4/c40-37(44)35(41-38(45)46-26-34-32-22-12-10-20-30(32)31-21-11-13-23-33(31)34)24-25-36(43)42-39(27-14-4-1-5-15-27,28-16-6-2-7-17-28)29-18-8-3-9-19-29/h1-23,34-35H,24-26H2,(H,41,45)(H,42,43)/t35-/m0/s1. The van der Waals surface area contributed by atoms with Crippen LogP contribution in [0.4, 0.5) is 9.18 Å². The third-order valence-electron chi connectivity index (χ3n) is 8.52. The van der Waals surface area contributed by atoms with Gasteiger partial charge in [-0.25, -0.2) is 4.79 Å². The fourth-order valence-electron chi connectivity index (χ4n) is 6.35. The minimum absolute atomic E-state index is 0.0152. The Morgan fingerprint density at radius 2 is 1.09 bits per heavy atom. The average Bonchev–Trinajstić information content (AvgIpc) is 3.42. The Morgan fingerprint density at radius 1 is 0.652 bits per heavy atom. The summed E-state index contributed by atoms with van der Waals surface area (Å²) < 4.78 is 19.7. The van der Waals surface area contributed by atoms with Gasteiger partial charge in [0.2, 0.25) is 5.91 Å². The van der Waals surface area contributed by atoms with Crippen molar-refractivity contribution in [3.8, 4) is 11.1 Å². The number of amides is 2. The lowest BCUT2D eigenvalue weighted by Gasteiger charge is -2.37. The zero-order valence-electron chi connectivity index (χ0n) is 25.1. The van der Waals surface area contributed by atoms with Gasteiger partial charge in [0.05, 0.1) is 0 Å². The van der Waals surface area contributed by atoms with Crippen molar-refractivity contribution < 1.29 is 23.5 Å². The minimum atomic E-state index is -1.75. The van der Waals surface area contributed by atoms with Crippen LogP contribution in [0.3, 0.4) is 0 Å². The van der Waals surface area contributed by atoms with Crippen LogP contribution in [-0.4, -0.2) is 30.7 Å². The molecule has 230 valence electrons. The van der Waals surface area contributed by atoms with Gasteiger partial charge in [0, 0.05) is 12.3 Å². The molecule has 6 rings (SSSR count). The molecule has 7 heteroatoms. The van der Waals surface area contributed by atoms with Crippen LogP contribution in [-0.2, 0) is 19.9 Å². The topological polar surface area (TPSA) is 84.5 Å². The van der Waals surface area contributed by atoms with Gasteiger partial charge in [-0.3, -0.25) is 9.59 Å². The van der Waals surface area contributed by atoms with E-state index in [2.05, 4.69) is 10.6 Å². The van der Waals surface area contributed by atoms with Crippen molar-refractivity contribution in [1.29, 1.82) is 0 Å². The Bertz CT molecular complexity index is 1690. The third-order valence-corrected chi connectivity index (χ3v) is 8.52. The zero-order chi connectivity index (χ0) is 31.9. The van der Waals surface area contributed by atoms with E-state index in [0.29, 0.717) is 0 Å². The molecule has 1 aliphatic rings. The van der Waals surface area contributed by atoms with Gasteiger partial charge in [0.1, 0.15) is 18.2 Å². The number of benzene rings is 5. The number of alkyl carbamates (subject to hydrolysis) is 1. The first-order valence-corrected chi connectivity index (χ1v) is 15.3. The molecule has 0 aromatic heterocycles. The number of hydrogen-bond donors (Lipinski definition) is 2. The Balaban J connectivity index is 1.15. The SMILES string of the molecule is O=C(CC[C@H](NC(=O)OCC1c2ccccc2-c2ccccc21)C(=O)F)NC(c1ccccc1)(c1ccccc1)c1ccccc1. The van der Waals surface area contributed by atoms with Gasteiger partial charge in [-0.05, 0) is 45.4 Å². The summed E-state index contributed by atoms with van der Waals surface area (Å²) in [4.78, 5) is 38.4. The Morgan fingerprint density at radius 3 is 1.54 bits per heavy atom. The molecule has 0 aliphatic heterocycles. The molecule has 0 radical (unpaired) electrons. The van der Waals surface area contributed by atoms with Crippen LogP contribution < -0.4 is 10.6 Å². The summed E-state index contributed by atoms with van der Waals surface area (Å²) in [5.74, 6) is -0.609. The van der Waals surface area contributed by atoms with Crippen molar-refractivity contribution in [2.24, 2.45) is 0 Å². The van der Waals surface area contributed by atoms with Crippen LogP contribution in [0.1, 0.15) is 46.6 Å².